The number of ether oxygens (including phenoxy) is 1. The van der Waals surface area contributed by atoms with Crippen molar-refractivity contribution in [2.24, 2.45) is 0 Å². The van der Waals surface area contributed by atoms with Gasteiger partial charge < -0.3 is 14.2 Å². The number of amides is 1. The van der Waals surface area contributed by atoms with E-state index in [9.17, 15) is 4.79 Å². The molecule has 0 unspecified atom stereocenters. The maximum atomic E-state index is 12.7. The van der Waals surface area contributed by atoms with Crippen LogP contribution in [-0.2, 0) is 0 Å². The summed E-state index contributed by atoms with van der Waals surface area (Å²) >= 11 is 1.57. The largest absolute Gasteiger partial charge is 0.493 e. The molecule has 1 aliphatic heterocycles. The van der Waals surface area contributed by atoms with Gasteiger partial charge in [0.2, 0.25) is 11.7 Å². The lowest BCUT2D eigenvalue weighted by atomic mass is 9.98. The van der Waals surface area contributed by atoms with Gasteiger partial charge in [0.05, 0.1) is 23.0 Å². The minimum atomic E-state index is -0.0294. The zero-order valence-corrected chi connectivity index (χ0v) is 14.5. The van der Waals surface area contributed by atoms with Crippen LogP contribution in [0.25, 0.3) is 10.7 Å². The lowest BCUT2D eigenvalue weighted by molar-refractivity contribution is 0.0565. The molecule has 128 valence electrons. The van der Waals surface area contributed by atoms with Crippen LogP contribution in [0.2, 0.25) is 0 Å². The fourth-order valence-electron chi connectivity index (χ4n) is 2.80. The van der Waals surface area contributed by atoms with E-state index in [-0.39, 0.29) is 11.8 Å². The highest BCUT2D eigenvalue weighted by molar-refractivity contribution is 7.13. The van der Waals surface area contributed by atoms with Gasteiger partial charge in [-0.25, -0.2) is 0 Å². The van der Waals surface area contributed by atoms with Crippen LogP contribution in [-0.4, -0.2) is 40.6 Å². The number of rotatable bonds is 5. The monoisotopic (exact) mass is 355 g/mol. The zero-order chi connectivity index (χ0) is 17.2. The summed E-state index contributed by atoms with van der Waals surface area (Å²) in [5.74, 6) is 1.88. The van der Waals surface area contributed by atoms with Gasteiger partial charge in [-0.05, 0) is 30.5 Å². The second-order valence-electron chi connectivity index (χ2n) is 5.77. The predicted molar refractivity (Wildman–Crippen MR) is 93.9 cm³/mol. The highest BCUT2D eigenvalue weighted by Gasteiger charge is 2.36. The van der Waals surface area contributed by atoms with E-state index in [1.54, 1.807) is 22.3 Å². The van der Waals surface area contributed by atoms with E-state index in [2.05, 4.69) is 10.1 Å². The summed E-state index contributed by atoms with van der Waals surface area (Å²) in [7, 11) is 0. The Labute approximate surface area is 149 Å². The van der Waals surface area contributed by atoms with Crippen molar-refractivity contribution in [3.63, 3.8) is 0 Å². The Kier molecular flexibility index (Phi) is 4.23. The normalized spacial score (nSPS) is 14.4. The molecule has 2 aromatic heterocycles. The van der Waals surface area contributed by atoms with Crippen LogP contribution < -0.4 is 4.74 Å². The van der Waals surface area contributed by atoms with Crippen LogP contribution in [0.3, 0.4) is 0 Å². The van der Waals surface area contributed by atoms with Crippen LogP contribution in [0.4, 0.5) is 0 Å². The summed E-state index contributed by atoms with van der Waals surface area (Å²) in [4.78, 5) is 19.9. The summed E-state index contributed by atoms with van der Waals surface area (Å²) in [6.45, 7) is 3.58. The number of benzene rings is 1. The summed E-state index contributed by atoms with van der Waals surface area (Å²) in [6, 6.07) is 11.2. The molecule has 25 heavy (non-hydrogen) atoms. The maximum Gasteiger partial charge on any atom is 0.257 e. The smallest absolute Gasteiger partial charge is 0.257 e. The summed E-state index contributed by atoms with van der Waals surface area (Å²) in [5, 5.41) is 6.01. The molecular formula is C18H17N3O3S. The summed E-state index contributed by atoms with van der Waals surface area (Å²) in [5.41, 5.74) is 0.590. The van der Waals surface area contributed by atoms with Crippen LogP contribution in [0.1, 0.15) is 29.1 Å². The number of carbonyl (C=O) groups is 1. The SMILES string of the molecule is CCOc1ccccc1C(=O)N1CC(c2nc(-c3cccs3)no2)C1. The lowest BCUT2D eigenvalue weighted by Crippen LogP contribution is -2.48. The van der Waals surface area contributed by atoms with Crippen molar-refractivity contribution in [2.45, 2.75) is 12.8 Å². The van der Waals surface area contributed by atoms with Crippen molar-refractivity contribution >= 4 is 17.2 Å². The van der Waals surface area contributed by atoms with Crippen molar-refractivity contribution in [1.82, 2.24) is 15.0 Å². The molecule has 3 aromatic rings. The van der Waals surface area contributed by atoms with Crippen LogP contribution in [0.5, 0.6) is 5.75 Å². The van der Waals surface area contributed by atoms with Gasteiger partial charge in [-0.2, -0.15) is 4.98 Å². The summed E-state index contributed by atoms with van der Waals surface area (Å²) < 4.78 is 10.9. The minimum absolute atomic E-state index is 0.0294. The highest BCUT2D eigenvalue weighted by atomic mass is 32.1. The van der Waals surface area contributed by atoms with Gasteiger partial charge in [0.25, 0.3) is 5.91 Å². The second-order valence-corrected chi connectivity index (χ2v) is 6.72. The van der Waals surface area contributed by atoms with E-state index in [1.165, 1.54) is 0 Å². The molecule has 1 saturated heterocycles. The number of thiophene rings is 1. The van der Waals surface area contributed by atoms with Crippen LogP contribution in [0, 0.1) is 0 Å². The van der Waals surface area contributed by atoms with Crippen molar-refractivity contribution in [3.8, 4) is 16.5 Å². The van der Waals surface area contributed by atoms with E-state index in [0.717, 1.165) is 4.88 Å². The Bertz CT molecular complexity index is 869. The molecule has 0 bridgehead atoms. The Morgan fingerprint density at radius 2 is 2.16 bits per heavy atom. The number of hydrogen-bond donors (Lipinski definition) is 0. The van der Waals surface area contributed by atoms with Gasteiger partial charge in [-0.15, -0.1) is 11.3 Å². The molecule has 0 N–H and O–H groups in total. The molecule has 1 fully saturated rings. The molecule has 7 heteroatoms. The Morgan fingerprint density at radius 1 is 1.32 bits per heavy atom. The van der Waals surface area contributed by atoms with Gasteiger partial charge in [-0.3, -0.25) is 4.79 Å². The Balaban J connectivity index is 1.43. The number of hydrogen-bond acceptors (Lipinski definition) is 6. The molecule has 1 amide bonds. The number of para-hydroxylation sites is 1. The highest BCUT2D eigenvalue weighted by Crippen LogP contribution is 2.31. The molecule has 3 heterocycles. The van der Waals surface area contributed by atoms with Gasteiger partial charge in [0.15, 0.2) is 0 Å². The van der Waals surface area contributed by atoms with E-state index >= 15 is 0 Å². The molecule has 6 nitrogen and oxygen atoms in total. The first-order chi connectivity index (χ1) is 12.3. The third-order valence-corrected chi connectivity index (χ3v) is 4.98. The standard InChI is InChI=1S/C18H17N3O3S/c1-2-23-14-7-4-3-6-13(14)18(22)21-10-12(11-21)17-19-16(20-24-17)15-8-5-9-25-15/h3-9,12H,2,10-11H2,1H3. The third-order valence-electron chi connectivity index (χ3n) is 4.12. The molecule has 1 aromatic carbocycles. The molecule has 0 saturated carbocycles. The van der Waals surface area contributed by atoms with Crippen molar-refractivity contribution in [2.75, 3.05) is 19.7 Å². The average molecular weight is 355 g/mol. The van der Waals surface area contributed by atoms with E-state index in [1.807, 2.05) is 42.6 Å². The number of carbonyl (C=O) groups excluding carboxylic acids is 1. The number of nitrogens with zero attached hydrogens (tertiary/aromatic N) is 3. The second kappa shape index (κ2) is 6.68. The van der Waals surface area contributed by atoms with Crippen LogP contribution >= 0.6 is 11.3 Å². The molecule has 0 radical (unpaired) electrons. The third kappa shape index (κ3) is 3.02. The molecular weight excluding hydrogens is 338 g/mol. The number of aromatic nitrogens is 2. The minimum Gasteiger partial charge on any atom is -0.493 e. The molecule has 0 aliphatic carbocycles. The first-order valence-corrected chi connectivity index (χ1v) is 9.02. The van der Waals surface area contributed by atoms with Crippen molar-refractivity contribution < 1.29 is 14.1 Å². The lowest BCUT2D eigenvalue weighted by Gasteiger charge is -2.37. The first-order valence-electron chi connectivity index (χ1n) is 8.15. The number of likely N-dealkylation sites (tertiary alicyclic amines) is 1. The van der Waals surface area contributed by atoms with Gasteiger partial charge in [0, 0.05) is 13.1 Å². The fourth-order valence-corrected chi connectivity index (χ4v) is 3.45. The zero-order valence-electron chi connectivity index (χ0n) is 13.7. The van der Waals surface area contributed by atoms with Crippen molar-refractivity contribution in [1.29, 1.82) is 0 Å². The topological polar surface area (TPSA) is 68.5 Å². The Hall–Kier alpha value is -2.67. The van der Waals surface area contributed by atoms with E-state index in [4.69, 9.17) is 9.26 Å². The fraction of sp³-hybridized carbons (Fsp3) is 0.278. The van der Waals surface area contributed by atoms with E-state index in [0.29, 0.717) is 42.7 Å². The predicted octanol–water partition coefficient (Wildman–Crippen LogP) is 3.44. The average Bonchev–Trinajstić information content (AvgIpc) is 3.25. The van der Waals surface area contributed by atoms with Crippen molar-refractivity contribution in [3.05, 3.63) is 53.2 Å². The Morgan fingerprint density at radius 3 is 2.92 bits per heavy atom. The summed E-state index contributed by atoms with van der Waals surface area (Å²) in [6.07, 6.45) is 0. The molecule has 4 rings (SSSR count). The quantitative estimate of drug-likeness (QED) is 0.701. The van der Waals surface area contributed by atoms with E-state index < -0.39 is 0 Å². The van der Waals surface area contributed by atoms with Crippen LogP contribution in [0.15, 0.2) is 46.3 Å². The molecule has 0 spiro atoms. The van der Waals surface area contributed by atoms with Gasteiger partial charge in [-0.1, -0.05) is 23.4 Å². The molecule has 0 atom stereocenters. The maximum absolute atomic E-state index is 12.7. The first kappa shape index (κ1) is 15.8. The van der Waals surface area contributed by atoms with Gasteiger partial charge >= 0.3 is 0 Å². The van der Waals surface area contributed by atoms with Gasteiger partial charge in [0.1, 0.15) is 5.75 Å². The molecule has 1 aliphatic rings.